The maximum Gasteiger partial charge on any atom is 0.310 e. The minimum absolute atomic E-state index is 0.127. The van der Waals surface area contributed by atoms with Crippen LogP contribution in [-0.2, 0) is 22.6 Å². The van der Waals surface area contributed by atoms with E-state index < -0.39 is 0 Å². The third kappa shape index (κ3) is 3.14. The number of rotatable bonds is 4. The van der Waals surface area contributed by atoms with Gasteiger partial charge in [-0.1, -0.05) is 34.1 Å². The highest BCUT2D eigenvalue weighted by Crippen LogP contribution is 2.25. The normalized spacial score (nSPS) is 10.8. The van der Waals surface area contributed by atoms with Crippen molar-refractivity contribution in [3.05, 3.63) is 64.3 Å². The summed E-state index contributed by atoms with van der Waals surface area (Å²) in [7, 11) is 0. The molecule has 0 aliphatic heterocycles. The average Bonchev–Trinajstić information content (AvgIpc) is 2.88. The second kappa shape index (κ2) is 6.23. The summed E-state index contributed by atoms with van der Waals surface area (Å²) in [4.78, 5) is 12.0. The molecule has 3 aromatic rings. The molecule has 0 aliphatic carbocycles. The van der Waals surface area contributed by atoms with Gasteiger partial charge >= 0.3 is 5.97 Å². The molecule has 0 radical (unpaired) electrons. The van der Waals surface area contributed by atoms with Crippen LogP contribution in [-0.4, -0.2) is 11.1 Å². The third-order valence-corrected chi connectivity index (χ3v) is 4.09. The first-order valence-corrected chi connectivity index (χ1v) is 7.51. The van der Waals surface area contributed by atoms with Gasteiger partial charge < -0.3 is 14.3 Å². The summed E-state index contributed by atoms with van der Waals surface area (Å²) in [6.45, 7) is 0.219. The van der Waals surface area contributed by atoms with E-state index in [1.165, 1.54) is 12.3 Å². The van der Waals surface area contributed by atoms with E-state index in [1.54, 1.807) is 12.1 Å². The Morgan fingerprint density at radius 1 is 1.18 bits per heavy atom. The van der Waals surface area contributed by atoms with Crippen LogP contribution in [0.15, 0.2) is 57.6 Å². The Hall–Kier alpha value is -2.27. The highest BCUT2D eigenvalue weighted by molar-refractivity contribution is 9.10. The maximum absolute atomic E-state index is 12.0. The van der Waals surface area contributed by atoms with E-state index in [-0.39, 0.29) is 24.7 Å². The lowest BCUT2D eigenvalue weighted by Gasteiger charge is -2.06. The second-order valence-corrected chi connectivity index (χ2v) is 5.72. The van der Waals surface area contributed by atoms with Gasteiger partial charge in [-0.25, -0.2) is 0 Å². The average molecular weight is 361 g/mol. The van der Waals surface area contributed by atoms with E-state index in [2.05, 4.69) is 15.9 Å². The van der Waals surface area contributed by atoms with Gasteiger partial charge in [0.2, 0.25) is 0 Å². The number of fused-ring (bicyclic) bond motifs is 1. The first kappa shape index (κ1) is 14.7. The van der Waals surface area contributed by atoms with Crippen LogP contribution in [0, 0.1) is 0 Å². The SMILES string of the molecule is O=C(Cc1coc2cc(O)ccc12)OCc1ccccc1Br. The summed E-state index contributed by atoms with van der Waals surface area (Å²) in [5.74, 6) is -0.198. The molecule has 0 unspecified atom stereocenters. The fourth-order valence-electron chi connectivity index (χ4n) is 2.19. The molecule has 4 nitrogen and oxygen atoms in total. The Balaban J connectivity index is 1.67. The topological polar surface area (TPSA) is 59.7 Å². The fourth-order valence-corrected chi connectivity index (χ4v) is 2.59. The fraction of sp³-hybridized carbons (Fsp3) is 0.118. The van der Waals surface area contributed by atoms with E-state index in [4.69, 9.17) is 9.15 Å². The summed E-state index contributed by atoms with van der Waals surface area (Å²) in [5.41, 5.74) is 2.21. The zero-order valence-corrected chi connectivity index (χ0v) is 13.2. The molecular formula is C17H13BrO4. The van der Waals surface area contributed by atoms with Crippen LogP contribution in [0.4, 0.5) is 0 Å². The van der Waals surface area contributed by atoms with Crippen molar-refractivity contribution in [3.8, 4) is 5.75 Å². The van der Waals surface area contributed by atoms with Crippen LogP contribution in [0.25, 0.3) is 11.0 Å². The Bertz CT molecular complexity index is 822. The van der Waals surface area contributed by atoms with Crippen molar-refractivity contribution in [2.24, 2.45) is 0 Å². The number of ether oxygens (including phenoxy) is 1. The molecule has 22 heavy (non-hydrogen) atoms. The third-order valence-electron chi connectivity index (χ3n) is 3.32. The molecule has 5 heteroatoms. The molecular weight excluding hydrogens is 348 g/mol. The number of phenols is 1. The summed E-state index contributed by atoms with van der Waals surface area (Å²) >= 11 is 3.42. The van der Waals surface area contributed by atoms with E-state index in [0.29, 0.717) is 5.58 Å². The van der Waals surface area contributed by atoms with Crippen molar-refractivity contribution >= 4 is 32.9 Å². The van der Waals surface area contributed by atoms with Gasteiger partial charge in [0.15, 0.2) is 0 Å². The van der Waals surface area contributed by atoms with Crippen molar-refractivity contribution in [2.45, 2.75) is 13.0 Å². The second-order valence-electron chi connectivity index (χ2n) is 4.87. The van der Waals surface area contributed by atoms with Crippen molar-refractivity contribution in [1.82, 2.24) is 0 Å². The highest BCUT2D eigenvalue weighted by atomic mass is 79.9. The van der Waals surface area contributed by atoms with Gasteiger partial charge in [-0.15, -0.1) is 0 Å². The molecule has 3 rings (SSSR count). The summed E-state index contributed by atoms with van der Waals surface area (Å²) in [6, 6.07) is 12.4. The number of furan rings is 1. The number of esters is 1. The van der Waals surface area contributed by atoms with Gasteiger partial charge in [0.05, 0.1) is 12.7 Å². The number of halogens is 1. The Morgan fingerprint density at radius 3 is 2.82 bits per heavy atom. The van der Waals surface area contributed by atoms with Crippen LogP contribution < -0.4 is 0 Å². The minimum atomic E-state index is -0.327. The van der Waals surface area contributed by atoms with Gasteiger partial charge in [-0.3, -0.25) is 4.79 Å². The van der Waals surface area contributed by atoms with Gasteiger partial charge in [0.1, 0.15) is 17.9 Å². The number of aromatic hydroxyl groups is 1. The molecule has 2 aromatic carbocycles. The summed E-state index contributed by atoms with van der Waals surface area (Å²) in [5, 5.41) is 10.2. The highest BCUT2D eigenvalue weighted by Gasteiger charge is 2.12. The molecule has 1 aromatic heterocycles. The first-order chi connectivity index (χ1) is 10.6. The molecule has 0 bridgehead atoms. The molecule has 0 spiro atoms. The molecule has 0 atom stereocenters. The van der Waals surface area contributed by atoms with Crippen molar-refractivity contribution in [1.29, 1.82) is 0 Å². The summed E-state index contributed by atoms with van der Waals surface area (Å²) < 4.78 is 11.5. The molecule has 0 saturated heterocycles. The minimum Gasteiger partial charge on any atom is -0.508 e. The first-order valence-electron chi connectivity index (χ1n) is 6.71. The van der Waals surface area contributed by atoms with E-state index >= 15 is 0 Å². The Kier molecular flexibility index (Phi) is 4.15. The number of phenolic OH excluding ortho intramolecular Hbond substituents is 1. The van der Waals surface area contributed by atoms with Gasteiger partial charge in [0.25, 0.3) is 0 Å². The molecule has 1 N–H and O–H groups in total. The van der Waals surface area contributed by atoms with Crippen molar-refractivity contribution in [3.63, 3.8) is 0 Å². The number of hydrogen-bond acceptors (Lipinski definition) is 4. The van der Waals surface area contributed by atoms with Crippen LogP contribution in [0.1, 0.15) is 11.1 Å². The smallest absolute Gasteiger partial charge is 0.310 e. The van der Waals surface area contributed by atoms with Crippen LogP contribution in [0.5, 0.6) is 5.75 Å². The largest absolute Gasteiger partial charge is 0.508 e. The van der Waals surface area contributed by atoms with E-state index in [0.717, 1.165) is 21.0 Å². The van der Waals surface area contributed by atoms with Gasteiger partial charge in [0, 0.05) is 27.1 Å². The zero-order chi connectivity index (χ0) is 15.5. The molecule has 112 valence electrons. The summed E-state index contributed by atoms with van der Waals surface area (Å²) in [6.07, 6.45) is 1.64. The molecule has 0 amide bonds. The molecule has 0 aliphatic rings. The van der Waals surface area contributed by atoms with Crippen LogP contribution >= 0.6 is 15.9 Å². The van der Waals surface area contributed by atoms with Crippen molar-refractivity contribution in [2.75, 3.05) is 0 Å². The lowest BCUT2D eigenvalue weighted by atomic mass is 10.1. The number of hydrogen-bond donors (Lipinski definition) is 1. The predicted molar refractivity (Wildman–Crippen MR) is 85.5 cm³/mol. The Morgan fingerprint density at radius 2 is 2.00 bits per heavy atom. The predicted octanol–water partition coefficient (Wildman–Crippen LogP) is 4.19. The quantitative estimate of drug-likeness (QED) is 0.708. The Labute approximate surface area is 135 Å². The number of carbonyl (C=O) groups excluding carboxylic acids is 1. The lowest BCUT2D eigenvalue weighted by molar-refractivity contribution is -0.144. The van der Waals surface area contributed by atoms with Crippen LogP contribution in [0.2, 0.25) is 0 Å². The van der Waals surface area contributed by atoms with Crippen LogP contribution in [0.3, 0.4) is 0 Å². The number of benzene rings is 2. The van der Waals surface area contributed by atoms with E-state index in [1.807, 2.05) is 24.3 Å². The standard InChI is InChI=1S/C17H13BrO4/c18-15-4-2-1-3-11(15)9-22-17(20)7-12-10-21-16-8-13(19)5-6-14(12)16/h1-6,8,10,19H,7,9H2. The maximum atomic E-state index is 12.0. The van der Waals surface area contributed by atoms with Gasteiger partial charge in [-0.05, 0) is 18.2 Å². The van der Waals surface area contributed by atoms with E-state index in [9.17, 15) is 9.90 Å². The lowest BCUT2D eigenvalue weighted by Crippen LogP contribution is -2.07. The molecule has 1 heterocycles. The molecule has 0 fully saturated rings. The number of carbonyl (C=O) groups is 1. The van der Waals surface area contributed by atoms with Crippen molar-refractivity contribution < 1.29 is 19.1 Å². The van der Waals surface area contributed by atoms with Gasteiger partial charge in [-0.2, -0.15) is 0 Å². The zero-order valence-electron chi connectivity index (χ0n) is 11.6. The molecule has 0 saturated carbocycles. The monoisotopic (exact) mass is 360 g/mol.